The Labute approximate surface area is 104 Å². The van der Waals surface area contributed by atoms with Gasteiger partial charge in [0.1, 0.15) is 0 Å². The van der Waals surface area contributed by atoms with Gasteiger partial charge in [0.2, 0.25) is 0 Å². The Bertz CT molecular complexity index is 452. The van der Waals surface area contributed by atoms with Crippen LogP contribution >= 0.6 is 0 Å². The molecule has 0 fully saturated rings. The number of sulfone groups is 1. The molecule has 0 aliphatic heterocycles. The van der Waals surface area contributed by atoms with E-state index in [0.717, 1.165) is 12.2 Å². The maximum Gasteiger partial charge on any atom is 0.175 e. The number of nitrogens with one attached hydrogen (secondary N) is 1. The van der Waals surface area contributed by atoms with Gasteiger partial charge < -0.3 is 10.2 Å². The van der Waals surface area contributed by atoms with Crippen LogP contribution in [0.5, 0.6) is 0 Å². The first-order valence-electron chi connectivity index (χ1n) is 5.51. The molecule has 0 aromatic heterocycles. The van der Waals surface area contributed by atoms with Crippen LogP contribution < -0.4 is 5.32 Å². The molecule has 1 N–H and O–H groups in total. The first kappa shape index (κ1) is 14.0. The molecule has 1 rings (SSSR count). The summed E-state index contributed by atoms with van der Waals surface area (Å²) in [5.41, 5.74) is 0.936. The fourth-order valence-electron chi connectivity index (χ4n) is 1.27. The molecule has 0 heterocycles. The fourth-order valence-corrected chi connectivity index (χ4v) is 1.90. The third kappa shape index (κ3) is 4.36. The summed E-state index contributed by atoms with van der Waals surface area (Å²) in [4.78, 5) is 2.47. The monoisotopic (exact) mass is 256 g/mol. The van der Waals surface area contributed by atoms with Gasteiger partial charge in [-0.2, -0.15) is 0 Å². The van der Waals surface area contributed by atoms with Crippen LogP contribution in [0.15, 0.2) is 29.2 Å². The van der Waals surface area contributed by atoms with Gasteiger partial charge in [-0.25, -0.2) is 8.42 Å². The molecule has 0 saturated heterocycles. The Kier molecular flexibility index (Phi) is 4.54. The van der Waals surface area contributed by atoms with Crippen LogP contribution in [-0.4, -0.2) is 46.3 Å². The molecule has 0 saturated carbocycles. The number of hydrogen-bond donors (Lipinski definition) is 1. The Morgan fingerprint density at radius 3 is 2.18 bits per heavy atom. The average Bonchev–Trinajstić information content (AvgIpc) is 2.25. The zero-order valence-electron chi connectivity index (χ0n) is 10.8. The molecule has 17 heavy (non-hydrogen) atoms. The van der Waals surface area contributed by atoms with Gasteiger partial charge >= 0.3 is 0 Å². The fraction of sp³-hybridized carbons (Fsp3) is 0.500. The van der Waals surface area contributed by atoms with E-state index >= 15 is 0 Å². The van der Waals surface area contributed by atoms with Gasteiger partial charge in [-0.15, -0.1) is 0 Å². The van der Waals surface area contributed by atoms with E-state index in [-0.39, 0.29) is 0 Å². The summed E-state index contributed by atoms with van der Waals surface area (Å²) in [5, 5.41) is 3.27. The second kappa shape index (κ2) is 5.51. The van der Waals surface area contributed by atoms with E-state index in [1.807, 2.05) is 14.1 Å². The zero-order chi connectivity index (χ0) is 13.1. The molecule has 0 aliphatic carbocycles. The lowest BCUT2D eigenvalue weighted by molar-refractivity contribution is 0.326. The Morgan fingerprint density at radius 1 is 1.24 bits per heavy atom. The van der Waals surface area contributed by atoms with Crippen molar-refractivity contribution in [2.45, 2.75) is 17.9 Å². The van der Waals surface area contributed by atoms with E-state index in [9.17, 15) is 8.42 Å². The number of benzene rings is 1. The highest BCUT2D eigenvalue weighted by atomic mass is 32.2. The van der Waals surface area contributed by atoms with Crippen molar-refractivity contribution in [2.24, 2.45) is 0 Å². The van der Waals surface area contributed by atoms with Gasteiger partial charge in [0.05, 0.1) is 4.90 Å². The minimum absolute atomic E-state index is 0.351. The molecule has 1 aromatic carbocycles. The van der Waals surface area contributed by atoms with Crippen molar-refractivity contribution in [1.82, 2.24) is 4.90 Å². The maximum atomic E-state index is 11.3. The van der Waals surface area contributed by atoms with Crippen molar-refractivity contribution < 1.29 is 8.42 Å². The van der Waals surface area contributed by atoms with Crippen LogP contribution in [0, 0.1) is 0 Å². The lowest BCUT2D eigenvalue weighted by atomic mass is 10.3. The molecule has 0 radical (unpaired) electrons. The van der Waals surface area contributed by atoms with E-state index in [2.05, 4.69) is 17.1 Å². The van der Waals surface area contributed by atoms with E-state index < -0.39 is 9.84 Å². The number of anilines is 1. The molecular formula is C12H20N2O2S. The SMILES string of the molecule is CC(CNc1ccc(S(C)(=O)=O)cc1)N(C)C. The summed E-state index contributed by atoms with van der Waals surface area (Å²) >= 11 is 0. The van der Waals surface area contributed by atoms with Gasteiger partial charge in [-0.1, -0.05) is 0 Å². The molecule has 1 unspecified atom stereocenters. The van der Waals surface area contributed by atoms with Crippen LogP contribution in [-0.2, 0) is 9.84 Å². The largest absolute Gasteiger partial charge is 0.383 e. The number of hydrogen-bond acceptors (Lipinski definition) is 4. The number of nitrogens with zero attached hydrogens (tertiary/aromatic N) is 1. The van der Waals surface area contributed by atoms with E-state index in [4.69, 9.17) is 0 Å². The first-order valence-corrected chi connectivity index (χ1v) is 7.40. The number of likely N-dealkylation sites (N-methyl/N-ethyl adjacent to an activating group) is 1. The van der Waals surface area contributed by atoms with Gasteiger partial charge in [-0.3, -0.25) is 0 Å². The quantitative estimate of drug-likeness (QED) is 0.866. The van der Waals surface area contributed by atoms with Gasteiger partial charge in [0, 0.05) is 24.5 Å². The summed E-state index contributed by atoms with van der Waals surface area (Å²) in [6, 6.07) is 7.25. The van der Waals surface area contributed by atoms with E-state index in [1.54, 1.807) is 24.3 Å². The van der Waals surface area contributed by atoms with Crippen LogP contribution in [0.3, 0.4) is 0 Å². The highest BCUT2D eigenvalue weighted by Gasteiger charge is 2.07. The predicted molar refractivity (Wildman–Crippen MR) is 71.2 cm³/mol. The van der Waals surface area contributed by atoms with Crippen molar-refractivity contribution in [1.29, 1.82) is 0 Å². The Hall–Kier alpha value is -1.07. The van der Waals surface area contributed by atoms with Crippen LogP contribution in [0.1, 0.15) is 6.92 Å². The normalized spacial score (nSPS) is 13.7. The maximum absolute atomic E-state index is 11.3. The highest BCUT2D eigenvalue weighted by molar-refractivity contribution is 7.90. The van der Waals surface area contributed by atoms with Crippen molar-refractivity contribution in [3.05, 3.63) is 24.3 Å². The summed E-state index contributed by atoms with van der Waals surface area (Å²) in [6.45, 7) is 2.95. The second-order valence-electron chi connectivity index (χ2n) is 4.49. The summed E-state index contributed by atoms with van der Waals surface area (Å²) in [7, 11) is 0.953. The molecule has 5 heteroatoms. The molecule has 0 amide bonds. The molecule has 4 nitrogen and oxygen atoms in total. The van der Waals surface area contributed by atoms with Gasteiger partial charge in [0.15, 0.2) is 9.84 Å². The summed E-state index contributed by atoms with van der Waals surface area (Å²) in [5.74, 6) is 0. The Morgan fingerprint density at radius 2 is 1.76 bits per heavy atom. The van der Waals surface area contributed by atoms with Crippen molar-refractivity contribution in [3.63, 3.8) is 0 Å². The molecule has 0 spiro atoms. The van der Waals surface area contributed by atoms with Crippen molar-refractivity contribution >= 4 is 15.5 Å². The topological polar surface area (TPSA) is 49.4 Å². The standard InChI is InChI=1S/C12H20N2O2S/c1-10(14(2)3)9-13-11-5-7-12(8-6-11)17(4,15)16/h5-8,10,13H,9H2,1-4H3. The minimum Gasteiger partial charge on any atom is -0.383 e. The Balaban J connectivity index is 2.64. The first-order chi connectivity index (χ1) is 7.80. The molecule has 1 atom stereocenters. The summed E-state index contributed by atoms with van der Waals surface area (Å²) in [6.07, 6.45) is 1.21. The third-order valence-electron chi connectivity index (χ3n) is 2.77. The third-order valence-corrected chi connectivity index (χ3v) is 3.89. The average molecular weight is 256 g/mol. The molecule has 96 valence electrons. The zero-order valence-corrected chi connectivity index (χ0v) is 11.6. The van der Waals surface area contributed by atoms with E-state index in [1.165, 1.54) is 6.26 Å². The molecular weight excluding hydrogens is 236 g/mol. The van der Waals surface area contributed by atoms with Gasteiger partial charge in [-0.05, 0) is 45.3 Å². The van der Waals surface area contributed by atoms with Crippen LogP contribution in [0.4, 0.5) is 5.69 Å². The van der Waals surface area contributed by atoms with Crippen LogP contribution in [0.25, 0.3) is 0 Å². The number of rotatable bonds is 5. The van der Waals surface area contributed by atoms with Crippen molar-refractivity contribution in [2.75, 3.05) is 32.2 Å². The summed E-state index contributed by atoms with van der Waals surface area (Å²) < 4.78 is 22.5. The van der Waals surface area contributed by atoms with Crippen LogP contribution in [0.2, 0.25) is 0 Å². The van der Waals surface area contributed by atoms with Gasteiger partial charge in [0.25, 0.3) is 0 Å². The minimum atomic E-state index is -3.10. The highest BCUT2D eigenvalue weighted by Crippen LogP contribution is 2.13. The second-order valence-corrected chi connectivity index (χ2v) is 6.51. The van der Waals surface area contributed by atoms with E-state index in [0.29, 0.717) is 10.9 Å². The molecule has 0 bridgehead atoms. The lowest BCUT2D eigenvalue weighted by Crippen LogP contribution is -2.31. The predicted octanol–water partition coefficient (Wildman–Crippen LogP) is 1.45. The lowest BCUT2D eigenvalue weighted by Gasteiger charge is -2.20. The van der Waals surface area contributed by atoms with Crippen molar-refractivity contribution in [3.8, 4) is 0 Å². The molecule has 0 aliphatic rings. The smallest absolute Gasteiger partial charge is 0.175 e. The molecule has 1 aromatic rings.